The Hall–Kier alpha value is -0.780. The fourth-order valence-corrected chi connectivity index (χ4v) is 2.44. The maximum atomic E-state index is 12.7. The minimum absolute atomic E-state index is 0.0850. The summed E-state index contributed by atoms with van der Waals surface area (Å²) in [6.07, 6.45) is -0.685. The molecule has 0 aliphatic heterocycles. The summed E-state index contributed by atoms with van der Waals surface area (Å²) in [5.74, 6) is -0.208. The predicted octanol–water partition coefficient (Wildman–Crippen LogP) is 1.68. The molecule has 2 N–H and O–H groups in total. The highest BCUT2D eigenvalue weighted by Gasteiger charge is 2.15. The van der Waals surface area contributed by atoms with Crippen LogP contribution >= 0.6 is 0 Å². The molecule has 0 aliphatic rings. The Morgan fingerprint density at radius 2 is 1.89 bits per heavy atom. The monoisotopic (exact) mass is 273 g/mol. The van der Waals surface area contributed by atoms with Crippen molar-refractivity contribution in [2.75, 3.05) is 12.3 Å². The summed E-state index contributed by atoms with van der Waals surface area (Å²) in [5.41, 5.74) is -0.0850. The van der Waals surface area contributed by atoms with Crippen molar-refractivity contribution in [3.63, 3.8) is 0 Å². The molecule has 5 heteroatoms. The van der Waals surface area contributed by atoms with Crippen molar-refractivity contribution in [2.24, 2.45) is 0 Å². The fourth-order valence-electron chi connectivity index (χ4n) is 1.34. The zero-order valence-electron chi connectivity index (χ0n) is 10.9. The smallest absolute Gasteiger partial charge is 0.123 e. The Kier molecular flexibility index (Phi) is 5.44. The number of hydrogen-bond donors (Lipinski definition) is 2. The molecule has 0 aromatic heterocycles. The maximum absolute atomic E-state index is 12.7. The number of halogens is 1. The third-order valence-corrected chi connectivity index (χ3v) is 3.77. The topological polar surface area (TPSA) is 49.3 Å². The van der Waals surface area contributed by atoms with Gasteiger partial charge in [-0.05, 0) is 45.0 Å². The van der Waals surface area contributed by atoms with Crippen LogP contribution in [0.4, 0.5) is 4.39 Å². The van der Waals surface area contributed by atoms with Gasteiger partial charge in [-0.1, -0.05) is 0 Å². The van der Waals surface area contributed by atoms with Gasteiger partial charge in [0.1, 0.15) is 5.82 Å². The summed E-state index contributed by atoms with van der Waals surface area (Å²) in [6.45, 7) is 6.38. The second-order valence-corrected chi connectivity index (χ2v) is 6.75. The fraction of sp³-hybridized carbons (Fsp3) is 0.538. The lowest BCUT2D eigenvalue weighted by Crippen LogP contribution is -2.42. The first kappa shape index (κ1) is 15.3. The average molecular weight is 273 g/mol. The van der Waals surface area contributed by atoms with E-state index in [-0.39, 0.29) is 17.1 Å². The van der Waals surface area contributed by atoms with Crippen LogP contribution in [0.5, 0.6) is 0 Å². The van der Waals surface area contributed by atoms with E-state index >= 15 is 0 Å². The summed E-state index contributed by atoms with van der Waals surface area (Å²) in [6, 6.07) is 5.50. The summed E-state index contributed by atoms with van der Waals surface area (Å²) < 4.78 is 24.6. The van der Waals surface area contributed by atoms with Crippen molar-refractivity contribution < 1.29 is 13.7 Å². The molecule has 0 heterocycles. The van der Waals surface area contributed by atoms with Crippen molar-refractivity contribution in [3.8, 4) is 0 Å². The van der Waals surface area contributed by atoms with E-state index < -0.39 is 16.9 Å². The largest absolute Gasteiger partial charge is 0.391 e. The Morgan fingerprint density at radius 3 is 2.39 bits per heavy atom. The quantitative estimate of drug-likeness (QED) is 0.858. The highest BCUT2D eigenvalue weighted by molar-refractivity contribution is 7.85. The number of β-amino-alcohol motifs (C(OH)–C–C–N with tert-alkyl or cyclic N) is 1. The van der Waals surface area contributed by atoms with Crippen LogP contribution in [-0.4, -0.2) is 33.3 Å². The van der Waals surface area contributed by atoms with Crippen LogP contribution < -0.4 is 5.32 Å². The number of benzene rings is 1. The van der Waals surface area contributed by atoms with Gasteiger partial charge in [0.2, 0.25) is 0 Å². The second kappa shape index (κ2) is 6.41. The van der Waals surface area contributed by atoms with Crippen LogP contribution in [0.1, 0.15) is 20.8 Å². The number of nitrogens with one attached hydrogen (secondary N) is 1. The van der Waals surface area contributed by atoms with Crippen molar-refractivity contribution in [1.82, 2.24) is 5.32 Å². The van der Waals surface area contributed by atoms with Crippen LogP contribution in [0.25, 0.3) is 0 Å². The van der Waals surface area contributed by atoms with Crippen LogP contribution in [0.2, 0.25) is 0 Å². The van der Waals surface area contributed by atoms with Gasteiger partial charge >= 0.3 is 0 Å². The van der Waals surface area contributed by atoms with Crippen LogP contribution in [-0.2, 0) is 10.8 Å². The molecule has 0 aliphatic carbocycles. The van der Waals surface area contributed by atoms with Gasteiger partial charge in [-0.2, -0.15) is 0 Å². The van der Waals surface area contributed by atoms with Gasteiger partial charge in [0, 0.05) is 17.0 Å². The average Bonchev–Trinajstić information content (AvgIpc) is 2.26. The van der Waals surface area contributed by atoms with Crippen molar-refractivity contribution in [3.05, 3.63) is 30.1 Å². The minimum atomic E-state index is -1.31. The highest BCUT2D eigenvalue weighted by Crippen LogP contribution is 2.09. The lowest BCUT2D eigenvalue weighted by atomic mass is 10.1. The first-order chi connectivity index (χ1) is 8.28. The SMILES string of the molecule is CC(C)(C)NCC(O)CS(=O)c1ccc(F)cc1. The van der Waals surface area contributed by atoms with Gasteiger partial charge in [0.05, 0.1) is 22.7 Å². The summed E-state index contributed by atoms with van der Waals surface area (Å²) in [7, 11) is -1.31. The van der Waals surface area contributed by atoms with E-state index in [0.29, 0.717) is 11.4 Å². The third-order valence-electron chi connectivity index (χ3n) is 2.29. The third kappa shape index (κ3) is 5.71. The molecule has 1 rings (SSSR count). The van der Waals surface area contributed by atoms with Gasteiger partial charge in [-0.15, -0.1) is 0 Å². The van der Waals surface area contributed by atoms with E-state index in [1.54, 1.807) is 0 Å². The van der Waals surface area contributed by atoms with Crippen LogP contribution in [0.15, 0.2) is 29.2 Å². The Balaban J connectivity index is 2.47. The van der Waals surface area contributed by atoms with Gasteiger partial charge in [0.15, 0.2) is 0 Å². The Labute approximate surface area is 110 Å². The lowest BCUT2D eigenvalue weighted by Gasteiger charge is -2.22. The van der Waals surface area contributed by atoms with Crippen molar-refractivity contribution in [1.29, 1.82) is 0 Å². The van der Waals surface area contributed by atoms with Crippen molar-refractivity contribution in [2.45, 2.75) is 37.3 Å². The van der Waals surface area contributed by atoms with E-state index in [1.165, 1.54) is 24.3 Å². The standard InChI is InChI=1S/C13H20FNO2S/c1-13(2,3)15-8-11(16)9-18(17)12-6-4-10(14)5-7-12/h4-7,11,15-16H,8-9H2,1-3H3. The van der Waals surface area contributed by atoms with Gasteiger partial charge in [-0.3, -0.25) is 4.21 Å². The molecule has 102 valence electrons. The summed E-state index contributed by atoms with van der Waals surface area (Å²) in [5, 5.41) is 12.9. The van der Waals surface area contributed by atoms with E-state index in [4.69, 9.17) is 0 Å². The molecule has 1 aromatic carbocycles. The van der Waals surface area contributed by atoms with E-state index in [1.807, 2.05) is 20.8 Å². The molecule has 18 heavy (non-hydrogen) atoms. The molecular weight excluding hydrogens is 253 g/mol. The number of aliphatic hydroxyl groups is 1. The van der Waals surface area contributed by atoms with Gasteiger partial charge < -0.3 is 10.4 Å². The predicted molar refractivity (Wildman–Crippen MR) is 71.4 cm³/mol. The molecule has 0 spiro atoms. The minimum Gasteiger partial charge on any atom is -0.391 e. The second-order valence-electron chi connectivity index (χ2n) is 5.25. The zero-order valence-corrected chi connectivity index (χ0v) is 11.8. The molecule has 0 saturated carbocycles. The van der Waals surface area contributed by atoms with Gasteiger partial charge in [0.25, 0.3) is 0 Å². The van der Waals surface area contributed by atoms with Gasteiger partial charge in [-0.25, -0.2) is 4.39 Å². The molecule has 3 nitrogen and oxygen atoms in total. The number of hydrogen-bond acceptors (Lipinski definition) is 3. The molecular formula is C13H20FNO2S. The highest BCUT2D eigenvalue weighted by atomic mass is 32.2. The molecule has 0 radical (unpaired) electrons. The Bertz CT molecular complexity index is 400. The molecule has 2 atom stereocenters. The molecule has 0 saturated heterocycles. The zero-order chi connectivity index (χ0) is 13.8. The summed E-state index contributed by atoms with van der Waals surface area (Å²) >= 11 is 0. The number of aliphatic hydroxyl groups excluding tert-OH is 1. The maximum Gasteiger partial charge on any atom is 0.123 e. The van der Waals surface area contributed by atoms with Crippen LogP contribution in [0, 0.1) is 5.82 Å². The molecule has 0 fully saturated rings. The summed E-state index contributed by atoms with van der Waals surface area (Å²) in [4.78, 5) is 0.534. The lowest BCUT2D eigenvalue weighted by molar-refractivity contribution is 0.182. The van der Waals surface area contributed by atoms with Crippen molar-refractivity contribution >= 4 is 10.8 Å². The normalized spacial score (nSPS) is 15.4. The van der Waals surface area contributed by atoms with E-state index in [2.05, 4.69) is 5.32 Å². The van der Waals surface area contributed by atoms with E-state index in [9.17, 15) is 13.7 Å². The Morgan fingerprint density at radius 1 is 1.33 bits per heavy atom. The molecule has 2 unspecified atom stereocenters. The van der Waals surface area contributed by atoms with E-state index in [0.717, 1.165) is 0 Å². The molecule has 1 aromatic rings. The first-order valence-electron chi connectivity index (χ1n) is 5.85. The molecule has 0 bridgehead atoms. The van der Waals surface area contributed by atoms with Crippen LogP contribution in [0.3, 0.4) is 0 Å². The molecule has 0 amide bonds. The number of rotatable bonds is 5. The first-order valence-corrected chi connectivity index (χ1v) is 7.17.